The maximum absolute atomic E-state index is 13.2. The third-order valence-electron chi connectivity index (χ3n) is 5.42. The Hall–Kier alpha value is -2.69. The lowest BCUT2D eigenvalue weighted by Crippen LogP contribution is -2.23. The Kier molecular flexibility index (Phi) is 10.4. The summed E-state index contributed by atoms with van der Waals surface area (Å²) in [7, 11) is 0. The van der Waals surface area contributed by atoms with Gasteiger partial charge in [-0.05, 0) is 64.7 Å². The molecule has 0 bridgehead atoms. The Morgan fingerprint density at radius 2 is 1.81 bits per heavy atom. The maximum Gasteiger partial charge on any atom is 0.297 e. The maximum atomic E-state index is 13.2. The van der Waals surface area contributed by atoms with E-state index in [0.717, 1.165) is 38.5 Å². The molecule has 0 fully saturated rings. The molecule has 0 spiro atoms. The van der Waals surface area contributed by atoms with Gasteiger partial charge in [0, 0.05) is 18.0 Å². The molecule has 0 saturated carbocycles. The zero-order chi connectivity index (χ0) is 23.5. The van der Waals surface area contributed by atoms with E-state index in [1.165, 1.54) is 11.1 Å². The molecule has 0 aliphatic heterocycles. The van der Waals surface area contributed by atoms with E-state index >= 15 is 0 Å². The van der Waals surface area contributed by atoms with Gasteiger partial charge in [0.2, 0.25) is 5.75 Å². The Morgan fingerprint density at radius 3 is 2.50 bits per heavy atom. The Morgan fingerprint density at radius 1 is 1.06 bits per heavy atom. The van der Waals surface area contributed by atoms with Crippen molar-refractivity contribution in [2.45, 2.75) is 79.7 Å². The van der Waals surface area contributed by atoms with Crippen molar-refractivity contribution in [3.8, 4) is 17.2 Å². The number of aromatic nitrogens is 1. The van der Waals surface area contributed by atoms with Gasteiger partial charge < -0.3 is 19.1 Å². The van der Waals surface area contributed by atoms with Crippen molar-refractivity contribution < 1.29 is 14.6 Å². The van der Waals surface area contributed by atoms with E-state index in [-0.39, 0.29) is 23.7 Å². The Labute approximate surface area is 192 Å². The third kappa shape index (κ3) is 7.18. The molecule has 0 radical (unpaired) electrons. The molecule has 1 aromatic heterocycles. The van der Waals surface area contributed by atoms with Crippen LogP contribution in [-0.4, -0.2) is 22.9 Å². The summed E-state index contributed by atoms with van der Waals surface area (Å²) in [4.78, 5) is 13.2. The smallest absolute Gasteiger partial charge is 0.297 e. The first-order chi connectivity index (χ1) is 15.4. The summed E-state index contributed by atoms with van der Waals surface area (Å²) in [6.45, 7) is 11.9. The lowest BCUT2D eigenvalue weighted by atomic mass is 10.1. The van der Waals surface area contributed by atoms with Gasteiger partial charge in [-0.1, -0.05) is 43.9 Å². The average Bonchev–Trinajstić information content (AvgIpc) is 2.76. The fourth-order valence-corrected chi connectivity index (χ4v) is 3.44. The number of nitrogens with zero attached hydrogens (tertiary/aromatic N) is 1. The largest absolute Gasteiger partial charge is 0.504 e. The highest BCUT2D eigenvalue weighted by Crippen LogP contribution is 2.33. The highest BCUT2D eigenvalue weighted by molar-refractivity contribution is 5.88. The number of allylic oxidation sites excluding steroid dienone is 3. The number of hydrogen-bond donors (Lipinski definition) is 1. The summed E-state index contributed by atoms with van der Waals surface area (Å²) in [6.07, 6.45) is 9.97. The number of aryl methyl sites for hydroxylation is 1. The topological polar surface area (TPSA) is 60.7 Å². The van der Waals surface area contributed by atoms with Crippen molar-refractivity contribution in [2.24, 2.45) is 0 Å². The molecule has 0 unspecified atom stereocenters. The number of fused-ring (bicyclic) bond motifs is 1. The van der Waals surface area contributed by atoms with Crippen molar-refractivity contribution in [3.63, 3.8) is 0 Å². The number of unbranched alkanes of at least 4 members (excludes halogenated alkanes) is 2. The molecular formula is C27H39NO4. The van der Waals surface area contributed by atoms with Gasteiger partial charge >= 0.3 is 0 Å². The molecule has 0 aliphatic carbocycles. The van der Waals surface area contributed by atoms with Crippen LogP contribution in [0.1, 0.15) is 73.1 Å². The van der Waals surface area contributed by atoms with Crippen molar-refractivity contribution in [1.29, 1.82) is 0 Å². The minimum atomic E-state index is -0.301. The van der Waals surface area contributed by atoms with Crippen LogP contribution in [0.3, 0.4) is 0 Å². The van der Waals surface area contributed by atoms with Crippen LogP contribution in [0.25, 0.3) is 10.9 Å². The molecule has 1 heterocycles. The van der Waals surface area contributed by atoms with Gasteiger partial charge in [-0.2, -0.15) is 0 Å². The standard InChI is InChI=1S/C27H39NO4/c1-6-8-16-28-24-19-22(31-17-9-7-2)13-14-23(24)25(29)26(27(28)30)32-18-15-21(5)12-10-11-20(3)4/h11,13-15,19,29H,6-10,12,16-18H2,1-5H3/b21-15+. The summed E-state index contributed by atoms with van der Waals surface area (Å²) >= 11 is 0. The lowest BCUT2D eigenvalue weighted by Gasteiger charge is -2.16. The second-order valence-electron chi connectivity index (χ2n) is 8.55. The highest BCUT2D eigenvalue weighted by atomic mass is 16.5. The Balaban J connectivity index is 2.32. The van der Waals surface area contributed by atoms with Crippen LogP contribution in [0.4, 0.5) is 0 Å². The van der Waals surface area contributed by atoms with E-state index in [4.69, 9.17) is 9.47 Å². The van der Waals surface area contributed by atoms with Gasteiger partial charge in [-0.3, -0.25) is 4.79 Å². The molecule has 0 amide bonds. The fraction of sp³-hybridized carbons (Fsp3) is 0.519. The predicted molar refractivity (Wildman–Crippen MR) is 133 cm³/mol. The molecule has 176 valence electrons. The molecule has 2 aromatic rings. The third-order valence-corrected chi connectivity index (χ3v) is 5.42. The second kappa shape index (κ2) is 13.0. The summed E-state index contributed by atoms with van der Waals surface area (Å²) in [5.74, 6) is 0.619. The molecule has 32 heavy (non-hydrogen) atoms. The van der Waals surface area contributed by atoms with Crippen LogP contribution < -0.4 is 15.0 Å². The van der Waals surface area contributed by atoms with E-state index in [0.29, 0.717) is 29.8 Å². The average molecular weight is 442 g/mol. The van der Waals surface area contributed by atoms with Gasteiger partial charge in [0.05, 0.1) is 12.1 Å². The van der Waals surface area contributed by atoms with Crippen molar-refractivity contribution in [2.75, 3.05) is 13.2 Å². The monoisotopic (exact) mass is 441 g/mol. The number of aromatic hydroxyl groups is 1. The van der Waals surface area contributed by atoms with Crippen LogP contribution in [0.5, 0.6) is 17.2 Å². The van der Waals surface area contributed by atoms with Gasteiger partial charge in [-0.15, -0.1) is 0 Å². The van der Waals surface area contributed by atoms with Crippen molar-refractivity contribution in [1.82, 2.24) is 4.57 Å². The molecule has 5 nitrogen and oxygen atoms in total. The zero-order valence-corrected chi connectivity index (χ0v) is 20.4. The SMILES string of the molecule is CCCCOc1ccc2c(O)c(OC/C=C(\C)CCC=C(C)C)c(=O)n(CCCC)c2c1. The molecular weight excluding hydrogens is 402 g/mol. The molecule has 1 N–H and O–H groups in total. The number of ether oxygens (including phenoxy) is 2. The van der Waals surface area contributed by atoms with Gasteiger partial charge in [0.15, 0.2) is 5.75 Å². The summed E-state index contributed by atoms with van der Waals surface area (Å²) in [6, 6.07) is 5.49. The van der Waals surface area contributed by atoms with E-state index in [1.54, 1.807) is 10.6 Å². The minimum Gasteiger partial charge on any atom is -0.504 e. The molecule has 0 atom stereocenters. The van der Waals surface area contributed by atoms with E-state index < -0.39 is 0 Å². The number of hydrogen-bond acceptors (Lipinski definition) is 4. The van der Waals surface area contributed by atoms with Crippen molar-refractivity contribution in [3.05, 3.63) is 51.9 Å². The second-order valence-corrected chi connectivity index (χ2v) is 8.55. The van der Waals surface area contributed by atoms with Crippen LogP contribution in [0.15, 0.2) is 46.3 Å². The quantitative estimate of drug-likeness (QED) is 0.276. The van der Waals surface area contributed by atoms with Gasteiger partial charge in [-0.25, -0.2) is 0 Å². The van der Waals surface area contributed by atoms with Crippen LogP contribution in [0.2, 0.25) is 0 Å². The van der Waals surface area contributed by atoms with E-state index in [1.807, 2.05) is 18.2 Å². The van der Waals surface area contributed by atoms with Crippen LogP contribution >= 0.6 is 0 Å². The van der Waals surface area contributed by atoms with Gasteiger partial charge in [0.25, 0.3) is 5.56 Å². The number of benzene rings is 1. The first-order valence-electron chi connectivity index (χ1n) is 11.8. The molecule has 2 rings (SSSR count). The van der Waals surface area contributed by atoms with Crippen molar-refractivity contribution >= 4 is 10.9 Å². The normalized spacial score (nSPS) is 11.6. The Bertz CT molecular complexity index is 997. The van der Waals surface area contributed by atoms with Crippen LogP contribution in [-0.2, 0) is 6.54 Å². The van der Waals surface area contributed by atoms with Crippen LogP contribution in [0, 0.1) is 0 Å². The predicted octanol–water partition coefficient (Wildman–Crippen LogP) is 6.76. The summed E-state index contributed by atoms with van der Waals surface area (Å²) < 4.78 is 13.3. The first kappa shape index (κ1) is 25.6. The summed E-state index contributed by atoms with van der Waals surface area (Å²) in [5, 5.41) is 11.4. The zero-order valence-electron chi connectivity index (χ0n) is 20.4. The van der Waals surface area contributed by atoms with Gasteiger partial charge in [0.1, 0.15) is 12.4 Å². The van der Waals surface area contributed by atoms with E-state index in [2.05, 4.69) is 40.7 Å². The van der Waals surface area contributed by atoms with E-state index in [9.17, 15) is 9.90 Å². The first-order valence-corrected chi connectivity index (χ1v) is 11.8. The highest BCUT2D eigenvalue weighted by Gasteiger charge is 2.18. The molecule has 0 saturated heterocycles. The fourth-order valence-electron chi connectivity index (χ4n) is 3.44. The number of rotatable bonds is 13. The minimum absolute atomic E-state index is 0.0154. The molecule has 5 heteroatoms. The number of pyridine rings is 1. The lowest BCUT2D eigenvalue weighted by molar-refractivity contribution is 0.309. The molecule has 0 aliphatic rings. The summed E-state index contributed by atoms with van der Waals surface area (Å²) in [5.41, 5.74) is 2.88. The molecule has 1 aromatic carbocycles.